The van der Waals surface area contributed by atoms with Crippen molar-refractivity contribution in [2.24, 2.45) is 11.7 Å². The average Bonchev–Trinajstić information content (AvgIpc) is 2.80. The van der Waals surface area contributed by atoms with Crippen molar-refractivity contribution in [3.63, 3.8) is 0 Å². The molecular weight excluding hydrogens is 301 g/mol. The molecule has 0 aliphatic carbocycles. The van der Waals surface area contributed by atoms with Gasteiger partial charge in [0, 0.05) is 10.0 Å². The lowest BCUT2D eigenvalue weighted by Crippen LogP contribution is -2.16. The molecular formula is C12H13BrFN3O. The van der Waals surface area contributed by atoms with Gasteiger partial charge in [-0.15, -0.1) is 0 Å². The Morgan fingerprint density at radius 3 is 2.78 bits per heavy atom. The van der Waals surface area contributed by atoms with E-state index in [0.717, 1.165) is 0 Å². The van der Waals surface area contributed by atoms with Gasteiger partial charge in [0.15, 0.2) is 0 Å². The molecule has 6 heteroatoms. The quantitative estimate of drug-likeness (QED) is 0.944. The van der Waals surface area contributed by atoms with E-state index in [9.17, 15) is 4.39 Å². The topological polar surface area (TPSA) is 64.9 Å². The number of hydrogen-bond donors (Lipinski definition) is 1. The van der Waals surface area contributed by atoms with Crippen molar-refractivity contribution in [1.29, 1.82) is 0 Å². The van der Waals surface area contributed by atoms with Crippen LogP contribution in [0, 0.1) is 11.7 Å². The second-order valence-corrected chi connectivity index (χ2v) is 5.20. The Balaban J connectivity index is 2.38. The van der Waals surface area contributed by atoms with E-state index in [1.54, 1.807) is 6.07 Å². The maximum atomic E-state index is 13.2. The molecule has 1 heterocycles. The van der Waals surface area contributed by atoms with Gasteiger partial charge >= 0.3 is 0 Å². The molecule has 0 amide bonds. The molecule has 1 aromatic carbocycles. The second-order valence-electron chi connectivity index (χ2n) is 4.35. The number of hydrogen-bond acceptors (Lipinski definition) is 4. The van der Waals surface area contributed by atoms with Crippen LogP contribution in [0.2, 0.25) is 0 Å². The van der Waals surface area contributed by atoms with Crippen LogP contribution in [0.4, 0.5) is 4.39 Å². The maximum absolute atomic E-state index is 13.2. The molecule has 4 nitrogen and oxygen atoms in total. The number of benzene rings is 1. The van der Waals surface area contributed by atoms with Crippen molar-refractivity contribution in [2.45, 2.75) is 19.9 Å². The Hall–Kier alpha value is -1.27. The van der Waals surface area contributed by atoms with Crippen molar-refractivity contribution >= 4 is 15.9 Å². The molecule has 0 aliphatic heterocycles. The number of halogens is 2. The van der Waals surface area contributed by atoms with Gasteiger partial charge in [0.25, 0.3) is 0 Å². The molecule has 2 aromatic rings. The molecule has 96 valence electrons. The standard InChI is InChI=1S/C12H13BrFN3O/c1-6(2)10(15)12-16-11(17-18-12)8-5-7(14)3-4-9(8)13/h3-6,10H,15H2,1-2H3/t10-/m0/s1. The third-order valence-corrected chi connectivity index (χ3v) is 3.31. The van der Waals surface area contributed by atoms with Gasteiger partial charge in [-0.25, -0.2) is 4.39 Å². The highest BCUT2D eigenvalue weighted by atomic mass is 79.9. The normalized spacial score (nSPS) is 13.0. The van der Waals surface area contributed by atoms with E-state index in [4.69, 9.17) is 10.3 Å². The maximum Gasteiger partial charge on any atom is 0.244 e. The molecule has 0 radical (unpaired) electrons. The Morgan fingerprint density at radius 2 is 2.11 bits per heavy atom. The van der Waals surface area contributed by atoms with Crippen LogP contribution in [0.15, 0.2) is 27.2 Å². The molecule has 0 fully saturated rings. The molecule has 0 saturated carbocycles. The lowest BCUT2D eigenvalue weighted by molar-refractivity contribution is 0.325. The van der Waals surface area contributed by atoms with Crippen LogP contribution in [0.5, 0.6) is 0 Å². The van der Waals surface area contributed by atoms with Crippen molar-refractivity contribution in [3.05, 3.63) is 34.4 Å². The van der Waals surface area contributed by atoms with Crippen molar-refractivity contribution < 1.29 is 8.91 Å². The van der Waals surface area contributed by atoms with Gasteiger partial charge in [0.05, 0.1) is 6.04 Å². The molecule has 1 aromatic heterocycles. The van der Waals surface area contributed by atoms with Crippen LogP contribution in [0.1, 0.15) is 25.8 Å². The summed E-state index contributed by atoms with van der Waals surface area (Å²) in [7, 11) is 0. The molecule has 1 atom stereocenters. The summed E-state index contributed by atoms with van der Waals surface area (Å²) in [6.45, 7) is 3.93. The number of aromatic nitrogens is 2. The fourth-order valence-electron chi connectivity index (χ4n) is 1.43. The highest BCUT2D eigenvalue weighted by molar-refractivity contribution is 9.10. The summed E-state index contributed by atoms with van der Waals surface area (Å²) in [6.07, 6.45) is 0. The first-order valence-corrected chi connectivity index (χ1v) is 6.33. The fraction of sp³-hybridized carbons (Fsp3) is 0.333. The zero-order valence-corrected chi connectivity index (χ0v) is 11.6. The van der Waals surface area contributed by atoms with Crippen LogP contribution in [-0.2, 0) is 0 Å². The fourth-order valence-corrected chi connectivity index (χ4v) is 1.86. The van der Waals surface area contributed by atoms with Crippen LogP contribution in [-0.4, -0.2) is 10.1 Å². The first-order valence-electron chi connectivity index (χ1n) is 5.53. The molecule has 0 aliphatic rings. The molecule has 0 spiro atoms. The number of nitrogens with zero attached hydrogens (tertiary/aromatic N) is 2. The molecule has 0 bridgehead atoms. The Kier molecular flexibility index (Phi) is 3.77. The van der Waals surface area contributed by atoms with Gasteiger partial charge < -0.3 is 10.3 Å². The predicted molar refractivity (Wildman–Crippen MR) is 69.2 cm³/mol. The van der Waals surface area contributed by atoms with Gasteiger partial charge in [-0.05, 0) is 24.1 Å². The van der Waals surface area contributed by atoms with Crippen molar-refractivity contribution in [3.8, 4) is 11.4 Å². The number of rotatable bonds is 3. The van der Waals surface area contributed by atoms with Crippen molar-refractivity contribution in [2.75, 3.05) is 0 Å². The zero-order valence-electron chi connectivity index (χ0n) is 10.0. The predicted octanol–water partition coefficient (Wildman–Crippen LogP) is 3.29. The first kappa shape index (κ1) is 13.2. The summed E-state index contributed by atoms with van der Waals surface area (Å²) in [5, 5.41) is 3.83. The molecule has 2 N–H and O–H groups in total. The minimum absolute atomic E-state index is 0.189. The Bertz CT molecular complexity index is 556. The smallest absolute Gasteiger partial charge is 0.244 e. The monoisotopic (exact) mass is 313 g/mol. The molecule has 18 heavy (non-hydrogen) atoms. The SMILES string of the molecule is CC(C)[C@H](N)c1nc(-c2cc(F)ccc2Br)no1. The summed E-state index contributed by atoms with van der Waals surface area (Å²) < 4.78 is 19.0. The second kappa shape index (κ2) is 5.16. The van der Waals surface area contributed by atoms with E-state index >= 15 is 0 Å². The largest absolute Gasteiger partial charge is 0.337 e. The summed E-state index contributed by atoms with van der Waals surface area (Å²) in [4.78, 5) is 4.20. The summed E-state index contributed by atoms with van der Waals surface area (Å²) in [5.41, 5.74) is 6.46. The Labute approximate surface area is 113 Å². The first-order chi connectivity index (χ1) is 8.49. The van der Waals surface area contributed by atoms with Crippen LogP contribution in [0.25, 0.3) is 11.4 Å². The lowest BCUT2D eigenvalue weighted by Gasteiger charge is -2.09. The summed E-state index contributed by atoms with van der Waals surface area (Å²) in [5.74, 6) is 0.519. The van der Waals surface area contributed by atoms with Crippen LogP contribution in [0.3, 0.4) is 0 Å². The summed E-state index contributed by atoms with van der Waals surface area (Å²) in [6, 6.07) is 3.98. The van der Waals surface area contributed by atoms with E-state index in [-0.39, 0.29) is 17.8 Å². The van der Waals surface area contributed by atoms with Gasteiger partial charge in [0.2, 0.25) is 11.7 Å². The molecule has 0 saturated heterocycles. The van der Waals surface area contributed by atoms with E-state index in [1.807, 2.05) is 13.8 Å². The zero-order chi connectivity index (χ0) is 13.3. The van der Waals surface area contributed by atoms with Gasteiger partial charge in [-0.1, -0.05) is 34.9 Å². The summed E-state index contributed by atoms with van der Waals surface area (Å²) >= 11 is 3.32. The minimum Gasteiger partial charge on any atom is -0.337 e. The van der Waals surface area contributed by atoms with Crippen molar-refractivity contribution in [1.82, 2.24) is 10.1 Å². The van der Waals surface area contributed by atoms with E-state index in [2.05, 4.69) is 26.1 Å². The van der Waals surface area contributed by atoms with Crippen LogP contribution < -0.4 is 5.73 Å². The van der Waals surface area contributed by atoms with E-state index in [0.29, 0.717) is 21.8 Å². The number of nitrogens with two attached hydrogens (primary N) is 1. The van der Waals surface area contributed by atoms with Gasteiger partial charge in [-0.3, -0.25) is 0 Å². The molecule has 2 rings (SSSR count). The highest BCUT2D eigenvalue weighted by Gasteiger charge is 2.19. The minimum atomic E-state index is -0.354. The highest BCUT2D eigenvalue weighted by Crippen LogP contribution is 2.28. The Morgan fingerprint density at radius 1 is 1.39 bits per heavy atom. The lowest BCUT2D eigenvalue weighted by atomic mass is 10.1. The van der Waals surface area contributed by atoms with E-state index in [1.165, 1.54) is 12.1 Å². The third-order valence-electron chi connectivity index (χ3n) is 2.61. The molecule has 0 unspecified atom stereocenters. The average molecular weight is 314 g/mol. The third kappa shape index (κ3) is 2.59. The van der Waals surface area contributed by atoms with Gasteiger partial charge in [-0.2, -0.15) is 4.98 Å². The van der Waals surface area contributed by atoms with Gasteiger partial charge in [0.1, 0.15) is 5.82 Å². The van der Waals surface area contributed by atoms with E-state index < -0.39 is 0 Å². The van der Waals surface area contributed by atoms with Crippen LogP contribution >= 0.6 is 15.9 Å².